The van der Waals surface area contributed by atoms with Crippen molar-refractivity contribution in [3.63, 3.8) is 0 Å². The first-order valence-corrected chi connectivity index (χ1v) is 6.05. The minimum absolute atomic E-state index is 0.114. The number of benzene rings is 2. The van der Waals surface area contributed by atoms with E-state index in [4.69, 9.17) is 5.73 Å². The highest BCUT2D eigenvalue weighted by molar-refractivity contribution is 5.30. The number of aryl methyl sites for hydroxylation is 1. The van der Waals surface area contributed by atoms with Gasteiger partial charge in [-0.2, -0.15) is 0 Å². The maximum atomic E-state index is 5.83. The molecule has 0 amide bonds. The summed E-state index contributed by atoms with van der Waals surface area (Å²) in [6.07, 6.45) is 0.986. The van der Waals surface area contributed by atoms with Crippen LogP contribution in [0.2, 0.25) is 0 Å². The maximum Gasteiger partial charge on any atom is 0.0266 e. The SMILES string of the molecule is Cc1ccc(Cc2ccc(C(C)N)cc2)cc1. The molecule has 0 aliphatic rings. The van der Waals surface area contributed by atoms with Crippen LogP contribution < -0.4 is 5.73 Å². The molecule has 2 aromatic carbocycles. The Balaban J connectivity index is 2.11. The van der Waals surface area contributed by atoms with Crippen molar-refractivity contribution < 1.29 is 0 Å². The predicted octanol–water partition coefficient (Wildman–Crippen LogP) is 3.61. The molecule has 0 aromatic heterocycles. The van der Waals surface area contributed by atoms with Crippen molar-refractivity contribution >= 4 is 0 Å². The van der Waals surface area contributed by atoms with Crippen LogP contribution in [0.4, 0.5) is 0 Å². The molecule has 2 rings (SSSR count). The summed E-state index contributed by atoms with van der Waals surface area (Å²) in [5.74, 6) is 0. The van der Waals surface area contributed by atoms with Crippen molar-refractivity contribution in [2.45, 2.75) is 26.3 Å². The molecule has 0 saturated carbocycles. The molecule has 2 N–H and O–H groups in total. The predicted molar refractivity (Wildman–Crippen MR) is 73.0 cm³/mol. The summed E-state index contributed by atoms with van der Waals surface area (Å²) in [7, 11) is 0. The summed E-state index contributed by atoms with van der Waals surface area (Å²) < 4.78 is 0. The Morgan fingerprint density at radius 3 is 1.82 bits per heavy atom. The third-order valence-electron chi connectivity index (χ3n) is 3.03. The summed E-state index contributed by atoms with van der Waals surface area (Å²) in [4.78, 5) is 0. The summed E-state index contributed by atoms with van der Waals surface area (Å²) in [5.41, 5.74) is 11.0. The van der Waals surface area contributed by atoms with E-state index in [1.807, 2.05) is 6.92 Å². The molecule has 1 nitrogen and oxygen atoms in total. The van der Waals surface area contributed by atoms with Crippen molar-refractivity contribution in [1.82, 2.24) is 0 Å². The lowest BCUT2D eigenvalue weighted by Crippen LogP contribution is -2.04. The first-order valence-electron chi connectivity index (χ1n) is 6.05. The lowest BCUT2D eigenvalue weighted by Gasteiger charge is -2.07. The van der Waals surface area contributed by atoms with Gasteiger partial charge in [-0.15, -0.1) is 0 Å². The smallest absolute Gasteiger partial charge is 0.0266 e. The van der Waals surface area contributed by atoms with Crippen LogP contribution in [0.25, 0.3) is 0 Å². The second-order valence-electron chi connectivity index (χ2n) is 4.69. The molecule has 0 aliphatic heterocycles. The van der Waals surface area contributed by atoms with Gasteiger partial charge in [0.25, 0.3) is 0 Å². The molecule has 1 unspecified atom stereocenters. The van der Waals surface area contributed by atoms with E-state index in [9.17, 15) is 0 Å². The normalized spacial score (nSPS) is 12.4. The largest absolute Gasteiger partial charge is 0.324 e. The molecule has 0 aliphatic carbocycles. The van der Waals surface area contributed by atoms with Crippen LogP contribution in [-0.4, -0.2) is 0 Å². The molecule has 0 saturated heterocycles. The average Bonchev–Trinajstić information content (AvgIpc) is 2.33. The van der Waals surface area contributed by atoms with Crippen LogP contribution in [0.15, 0.2) is 48.5 Å². The Morgan fingerprint density at radius 1 is 0.882 bits per heavy atom. The van der Waals surface area contributed by atoms with Gasteiger partial charge in [0, 0.05) is 6.04 Å². The van der Waals surface area contributed by atoms with E-state index in [1.54, 1.807) is 0 Å². The monoisotopic (exact) mass is 225 g/mol. The molecular formula is C16H19N. The molecule has 0 heterocycles. The Bertz CT molecular complexity index is 466. The fourth-order valence-electron chi connectivity index (χ4n) is 1.88. The summed E-state index contributed by atoms with van der Waals surface area (Å²) in [5, 5.41) is 0. The summed E-state index contributed by atoms with van der Waals surface area (Å²) in [6, 6.07) is 17.4. The van der Waals surface area contributed by atoms with E-state index in [2.05, 4.69) is 55.5 Å². The number of hydrogen-bond donors (Lipinski definition) is 1. The Labute approximate surface area is 103 Å². The van der Waals surface area contributed by atoms with Crippen molar-refractivity contribution in [2.75, 3.05) is 0 Å². The lowest BCUT2D eigenvalue weighted by atomic mass is 10.0. The second kappa shape index (κ2) is 5.15. The zero-order valence-electron chi connectivity index (χ0n) is 10.5. The van der Waals surface area contributed by atoms with Gasteiger partial charge in [-0.3, -0.25) is 0 Å². The van der Waals surface area contributed by atoms with Gasteiger partial charge in [0.1, 0.15) is 0 Å². The van der Waals surface area contributed by atoms with Gasteiger partial charge in [-0.1, -0.05) is 54.1 Å². The van der Waals surface area contributed by atoms with Gasteiger partial charge < -0.3 is 5.73 Å². The van der Waals surface area contributed by atoms with E-state index in [-0.39, 0.29) is 6.04 Å². The molecule has 1 atom stereocenters. The third kappa shape index (κ3) is 3.18. The Hall–Kier alpha value is -1.60. The quantitative estimate of drug-likeness (QED) is 0.848. The topological polar surface area (TPSA) is 26.0 Å². The molecule has 17 heavy (non-hydrogen) atoms. The van der Waals surface area contributed by atoms with E-state index >= 15 is 0 Å². The molecule has 0 bridgehead atoms. The first kappa shape index (κ1) is 11.9. The Kier molecular flexibility index (Phi) is 3.60. The number of rotatable bonds is 3. The summed E-state index contributed by atoms with van der Waals surface area (Å²) >= 11 is 0. The lowest BCUT2D eigenvalue weighted by molar-refractivity contribution is 0.817. The van der Waals surface area contributed by atoms with Gasteiger partial charge in [-0.05, 0) is 37.0 Å². The molecule has 0 fully saturated rings. The van der Waals surface area contributed by atoms with E-state index in [0.717, 1.165) is 6.42 Å². The van der Waals surface area contributed by atoms with E-state index < -0.39 is 0 Å². The van der Waals surface area contributed by atoms with Crippen molar-refractivity contribution in [3.8, 4) is 0 Å². The molecular weight excluding hydrogens is 206 g/mol. The zero-order chi connectivity index (χ0) is 12.3. The van der Waals surface area contributed by atoms with Gasteiger partial charge in [-0.25, -0.2) is 0 Å². The van der Waals surface area contributed by atoms with Crippen LogP contribution in [0.3, 0.4) is 0 Å². The van der Waals surface area contributed by atoms with Crippen LogP contribution in [0.5, 0.6) is 0 Å². The van der Waals surface area contributed by atoms with E-state index in [0.29, 0.717) is 0 Å². The Morgan fingerprint density at radius 2 is 1.35 bits per heavy atom. The van der Waals surface area contributed by atoms with Crippen LogP contribution in [0.1, 0.15) is 35.2 Å². The molecule has 0 radical (unpaired) electrons. The zero-order valence-corrected chi connectivity index (χ0v) is 10.5. The standard InChI is InChI=1S/C16H19N/c1-12-3-5-14(6-4-12)11-15-7-9-16(10-8-15)13(2)17/h3-10,13H,11,17H2,1-2H3. The number of hydrogen-bond acceptors (Lipinski definition) is 1. The fourth-order valence-corrected chi connectivity index (χ4v) is 1.88. The van der Waals surface area contributed by atoms with Crippen LogP contribution in [0, 0.1) is 6.92 Å². The molecule has 2 aromatic rings. The second-order valence-corrected chi connectivity index (χ2v) is 4.69. The summed E-state index contributed by atoms with van der Waals surface area (Å²) in [6.45, 7) is 4.12. The van der Waals surface area contributed by atoms with Crippen LogP contribution >= 0.6 is 0 Å². The molecule has 0 spiro atoms. The maximum absolute atomic E-state index is 5.83. The van der Waals surface area contributed by atoms with Gasteiger partial charge in [0.15, 0.2) is 0 Å². The van der Waals surface area contributed by atoms with E-state index in [1.165, 1.54) is 22.3 Å². The highest BCUT2D eigenvalue weighted by Gasteiger charge is 2.00. The molecule has 88 valence electrons. The average molecular weight is 225 g/mol. The minimum Gasteiger partial charge on any atom is -0.324 e. The minimum atomic E-state index is 0.114. The van der Waals surface area contributed by atoms with Crippen LogP contribution in [-0.2, 0) is 6.42 Å². The van der Waals surface area contributed by atoms with Crippen molar-refractivity contribution in [2.24, 2.45) is 5.73 Å². The third-order valence-corrected chi connectivity index (χ3v) is 3.03. The van der Waals surface area contributed by atoms with Gasteiger partial charge in [0.2, 0.25) is 0 Å². The molecule has 1 heteroatoms. The van der Waals surface area contributed by atoms with Gasteiger partial charge in [0.05, 0.1) is 0 Å². The highest BCUT2D eigenvalue weighted by atomic mass is 14.6. The highest BCUT2D eigenvalue weighted by Crippen LogP contribution is 2.14. The van der Waals surface area contributed by atoms with Crippen molar-refractivity contribution in [3.05, 3.63) is 70.8 Å². The number of nitrogens with two attached hydrogens (primary N) is 1. The first-order chi connectivity index (χ1) is 8.15. The fraction of sp³-hybridized carbons (Fsp3) is 0.250. The van der Waals surface area contributed by atoms with Crippen molar-refractivity contribution in [1.29, 1.82) is 0 Å². The van der Waals surface area contributed by atoms with Gasteiger partial charge >= 0.3 is 0 Å².